The molecule has 0 fully saturated rings. The molecule has 0 spiro atoms. The molecule has 0 aliphatic rings. The van der Waals surface area contributed by atoms with E-state index >= 15 is 0 Å². The summed E-state index contributed by atoms with van der Waals surface area (Å²) >= 11 is 0. The molecule has 0 N–H and O–H groups in total. The van der Waals surface area contributed by atoms with Gasteiger partial charge in [-0.05, 0) is 0 Å². The SMILES string of the molecule is [Al].[Co].[Cu].[Fe]. The van der Waals surface area contributed by atoms with Crippen molar-refractivity contribution in [1.29, 1.82) is 0 Å². The van der Waals surface area contributed by atoms with Crippen LogP contribution in [0, 0.1) is 0 Å². The molecule has 0 aliphatic heterocycles. The molecule has 4 heteroatoms. The van der Waals surface area contributed by atoms with Gasteiger partial charge in [0.1, 0.15) is 0 Å². The van der Waals surface area contributed by atoms with Crippen LogP contribution in [0.15, 0.2) is 0 Å². The van der Waals surface area contributed by atoms with Crippen LogP contribution in [0.1, 0.15) is 0 Å². The van der Waals surface area contributed by atoms with E-state index in [1.807, 2.05) is 0 Å². The van der Waals surface area contributed by atoms with E-state index in [2.05, 4.69) is 0 Å². The fraction of sp³-hybridized carbons (Fsp3) is 0. The van der Waals surface area contributed by atoms with Gasteiger partial charge in [0.25, 0.3) is 0 Å². The molecule has 0 unspecified atom stereocenters. The van der Waals surface area contributed by atoms with Crippen molar-refractivity contribution in [3.63, 3.8) is 0 Å². The summed E-state index contributed by atoms with van der Waals surface area (Å²) in [6.45, 7) is 0. The van der Waals surface area contributed by atoms with Gasteiger partial charge in [0, 0.05) is 68.3 Å². The Morgan fingerprint density at radius 1 is 1.00 bits per heavy atom. The second-order valence-corrected chi connectivity index (χ2v) is 0. The van der Waals surface area contributed by atoms with E-state index in [4.69, 9.17) is 0 Å². The summed E-state index contributed by atoms with van der Waals surface area (Å²) in [7, 11) is 0. The van der Waals surface area contributed by atoms with Crippen LogP contribution in [0.25, 0.3) is 0 Å². The Kier molecular flexibility index (Phi) is 177. The van der Waals surface area contributed by atoms with Gasteiger partial charge >= 0.3 is 0 Å². The molecule has 0 saturated carbocycles. The molecular formula is AlCoCuFe. The minimum absolute atomic E-state index is 0. The van der Waals surface area contributed by atoms with E-state index in [0.717, 1.165) is 0 Å². The molecule has 0 bridgehead atoms. The van der Waals surface area contributed by atoms with Crippen molar-refractivity contribution >= 4 is 17.4 Å². The van der Waals surface area contributed by atoms with Crippen LogP contribution in [-0.2, 0) is 50.9 Å². The first kappa shape index (κ1) is 36.3. The van der Waals surface area contributed by atoms with Gasteiger partial charge in [0.15, 0.2) is 0 Å². The molecule has 5 radical (unpaired) electrons. The van der Waals surface area contributed by atoms with E-state index in [-0.39, 0.29) is 68.3 Å². The monoisotopic (exact) mass is 205 g/mol. The number of rotatable bonds is 0. The topological polar surface area (TPSA) is 0 Å². The minimum atomic E-state index is 0. The third kappa shape index (κ3) is 8.95. The smallest absolute Gasteiger partial charge is 0 e. The second kappa shape index (κ2) is 19.6. The maximum atomic E-state index is 0. The Balaban J connectivity index is 0. The molecule has 0 amide bonds. The zero-order valence-electron chi connectivity index (χ0n) is 1.57. The molecule has 0 rings (SSSR count). The first-order chi connectivity index (χ1) is 0. The fourth-order valence-corrected chi connectivity index (χ4v) is 0. The standard InChI is InChI=1S/Al.Co.Cu.Fe. The summed E-state index contributed by atoms with van der Waals surface area (Å²) in [6.07, 6.45) is 0. The van der Waals surface area contributed by atoms with Crippen LogP contribution in [0.5, 0.6) is 0 Å². The van der Waals surface area contributed by atoms with Gasteiger partial charge in [-0.2, -0.15) is 0 Å². The molecule has 31 valence electrons. The first-order valence-corrected chi connectivity index (χ1v) is 0. The van der Waals surface area contributed by atoms with Crippen molar-refractivity contribution in [2.24, 2.45) is 0 Å². The maximum Gasteiger partial charge on any atom is 0 e. The Morgan fingerprint density at radius 2 is 1.00 bits per heavy atom. The zero-order valence-corrected chi connectivity index (χ0v) is 5.81. The van der Waals surface area contributed by atoms with Gasteiger partial charge < -0.3 is 0 Å². The van der Waals surface area contributed by atoms with E-state index in [1.54, 1.807) is 0 Å². The summed E-state index contributed by atoms with van der Waals surface area (Å²) in [4.78, 5) is 0. The molecule has 0 aromatic rings. The number of hydrogen-bond donors (Lipinski definition) is 0. The fourth-order valence-electron chi connectivity index (χ4n) is 0. The Bertz CT molecular complexity index is 8.00. The van der Waals surface area contributed by atoms with Gasteiger partial charge in [-0.15, -0.1) is 0 Å². The van der Waals surface area contributed by atoms with Crippen LogP contribution >= 0.6 is 0 Å². The Hall–Kier alpha value is 2.08. The Labute approximate surface area is 67.8 Å². The van der Waals surface area contributed by atoms with Gasteiger partial charge in [0.2, 0.25) is 0 Å². The number of hydrogen-bond acceptors (Lipinski definition) is 0. The largest absolute Gasteiger partial charge is 0 e. The normalized spacial score (nSPS) is 0. The van der Waals surface area contributed by atoms with Crippen LogP contribution in [0.4, 0.5) is 0 Å². The van der Waals surface area contributed by atoms with Crippen LogP contribution in [-0.4, -0.2) is 17.4 Å². The molecule has 0 heterocycles. The van der Waals surface area contributed by atoms with Crippen molar-refractivity contribution in [2.45, 2.75) is 0 Å². The molecule has 0 aliphatic carbocycles. The summed E-state index contributed by atoms with van der Waals surface area (Å²) in [5.41, 5.74) is 0. The molecule has 0 nitrogen and oxygen atoms in total. The van der Waals surface area contributed by atoms with Crippen molar-refractivity contribution in [3.05, 3.63) is 0 Å². The Morgan fingerprint density at radius 3 is 1.00 bits per heavy atom. The molecule has 0 aromatic carbocycles. The minimum Gasteiger partial charge on any atom is 0 e. The summed E-state index contributed by atoms with van der Waals surface area (Å²) in [6, 6.07) is 0. The quantitative estimate of drug-likeness (QED) is 0.473. The van der Waals surface area contributed by atoms with Crippen molar-refractivity contribution < 1.29 is 50.9 Å². The van der Waals surface area contributed by atoms with Crippen LogP contribution in [0.3, 0.4) is 0 Å². The average Bonchev–Trinajstić information content (AvgIpc) is 0. The molecular weight excluding hydrogens is 205 g/mol. The van der Waals surface area contributed by atoms with E-state index in [0.29, 0.717) is 0 Å². The van der Waals surface area contributed by atoms with Gasteiger partial charge in [-0.3, -0.25) is 0 Å². The molecule has 4 heavy (non-hydrogen) atoms. The summed E-state index contributed by atoms with van der Waals surface area (Å²) in [5, 5.41) is 0. The third-order valence-corrected chi connectivity index (χ3v) is 0. The summed E-state index contributed by atoms with van der Waals surface area (Å²) < 4.78 is 0. The van der Waals surface area contributed by atoms with Crippen molar-refractivity contribution in [3.8, 4) is 0 Å². The van der Waals surface area contributed by atoms with E-state index < -0.39 is 0 Å². The predicted octanol–water partition coefficient (Wildman–Crippen LogP) is -0.388. The summed E-state index contributed by atoms with van der Waals surface area (Å²) in [5.74, 6) is 0. The van der Waals surface area contributed by atoms with Gasteiger partial charge in [-0.25, -0.2) is 0 Å². The van der Waals surface area contributed by atoms with Crippen molar-refractivity contribution in [1.82, 2.24) is 0 Å². The third-order valence-electron chi connectivity index (χ3n) is 0. The average molecular weight is 205 g/mol. The molecule has 0 atom stereocenters. The van der Waals surface area contributed by atoms with Gasteiger partial charge in [-0.1, -0.05) is 0 Å². The van der Waals surface area contributed by atoms with E-state index in [1.165, 1.54) is 0 Å². The zero-order chi connectivity index (χ0) is 0. The van der Waals surface area contributed by atoms with Crippen molar-refractivity contribution in [2.75, 3.05) is 0 Å². The maximum absolute atomic E-state index is 0. The predicted molar refractivity (Wildman–Crippen MR) is 5.75 cm³/mol. The van der Waals surface area contributed by atoms with Gasteiger partial charge in [0.05, 0.1) is 0 Å². The van der Waals surface area contributed by atoms with Crippen LogP contribution in [0.2, 0.25) is 0 Å². The van der Waals surface area contributed by atoms with Crippen LogP contribution < -0.4 is 0 Å². The molecule has 0 aromatic heterocycles. The second-order valence-electron chi connectivity index (χ2n) is 0. The van der Waals surface area contributed by atoms with E-state index in [9.17, 15) is 0 Å². The first-order valence-electron chi connectivity index (χ1n) is 0. The molecule has 0 saturated heterocycles.